The lowest BCUT2D eigenvalue weighted by atomic mass is 10.1. The molecule has 1 aliphatic heterocycles. The van der Waals surface area contributed by atoms with Crippen molar-refractivity contribution in [1.82, 2.24) is 4.90 Å². The van der Waals surface area contributed by atoms with Crippen molar-refractivity contribution in [3.63, 3.8) is 0 Å². The van der Waals surface area contributed by atoms with Crippen LogP contribution in [0.4, 0.5) is 14.5 Å². The summed E-state index contributed by atoms with van der Waals surface area (Å²) in [4.78, 5) is 28.5. The zero-order chi connectivity index (χ0) is 21.7. The first-order valence-electron chi connectivity index (χ1n) is 9.32. The van der Waals surface area contributed by atoms with Gasteiger partial charge in [-0.25, -0.2) is 18.4 Å². The molecule has 0 saturated carbocycles. The SMILES string of the molecule is COC(=O)C1=C(C(=O)OC)N(c2ccc(F)cc2)CN(CCc2cccc(F)c2)C1. The Labute approximate surface area is 173 Å². The van der Waals surface area contributed by atoms with Gasteiger partial charge in [0.25, 0.3) is 0 Å². The standard InChI is InChI=1S/C22H22F2N2O4/c1-29-21(27)19-13-25(11-10-15-4-3-5-17(24)12-15)14-26(20(19)22(28)30-2)18-8-6-16(23)7-9-18/h3-9,12H,10-11,13-14H2,1-2H3. The summed E-state index contributed by atoms with van der Waals surface area (Å²) in [5.41, 5.74) is 1.52. The van der Waals surface area contributed by atoms with Crippen molar-refractivity contribution >= 4 is 17.6 Å². The van der Waals surface area contributed by atoms with E-state index < -0.39 is 17.8 Å². The molecule has 30 heavy (non-hydrogen) atoms. The summed E-state index contributed by atoms with van der Waals surface area (Å²) in [6, 6.07) is 11.9. The molecule has 0 aliphatic carbocycles. The third kappa shape index (κ3) is 4.83. The molecule has 0 aromatic heterocycles. The van der Waals surface area contributed by atoms with Gasteiger partial charge in [-0.3, -0.25) is 4.90 Å². The summed E-state index contributed by atoms with van der Waals surface area (Å²) in [5, 5.41) is 0. The van der Waals surface area contributed by atoms with E-state index in [1.807, 2.05) is 11.0 Å². The fraction of sp³-hybridized carbons (Fsp3) is 0.273. The van der Waals surface area contributed by atoms with Crippen molar-refractivity contribution in [2.75, 3.05) is 38.9 Å². The molecular formula is C22H22F2N2O4. The molecule has 2 aromatic rings. The number of hydrogen-bond acceptors (Lipinski definition) is 6. The van der Waals surface area contributed by atoms with E-state index in [0.717, 1.165) is 5.56 Å². The quantitative estimate of drug-likeness (QED) is 0.675. The van der Waals surface area contributed by atoms with Gasteiger partial charge < -0.3 is 14.4 Å². The maximum Gasteiger partial charge on any atom is 0.355 e. The zero-order valence-electron chi connectivity index (χ0n) is 16.7. The summed E-state index contributed by atoms with van der Waals surface area (Å²) >= 11 is 0. The molecule has 0 spiro atoms. The highest BCUT2D eigenvalue weighted by atomic mass is 19.1. The average Bonchev–Trinajstić information content (AvgIpc) is 2.76. The molecule has 0 fully saturated rings. The van der Waals surface area contributed by atoms with E-state index in [9.17, 15) is 18.4 Å². The van der Waals surface area contributed by atoms with Gasteiger partial charge in [0.15, 0.2) is 0 Å². The van der Waals surface area contributed by atoms with E-state index in [2.05, 4.69) is 0 Å². The van der Waals surface area contributed by atoms with Gasteiger partial charge in [0, 0.05) is 18.8 Å². The van der Waals surface area contributed by atoms with Crippen molar-refractivity contribution < 1.29 is 27.8 Å². The van der Waals surface area contributed by atoms with E-state index in [1.165, 1.54) is 50.6 Å². The Bertz CT molecular complexity index is 960. The van der Waals surface area contributed by atoms with E-state index in [1.54, 1.807) is 11.0 Å². The maximum absolute atomic E-state index is 13.5. The normalized spacial score (nSPS) is 14.6. The fourth-order valence-electron chi connectivity index (χ4n) is 3.36. The second-order valence-corrected chi connectivity index (χ2v) is 6.79. The highest BCUT2D eigenvalue weighted by Gasteiger charge is 2.34. The molecule has 2 aromatic carbocycles. The molecule has 0 saturated heterocycles. The number of benzene rings is 2. The maximum atomic E-state index is 13.5. The van der Waals surface area contributed by atoms with E-state index >= 15 is 0 Å². The van der Waals surface area contributed by atoms with Crippen molar-refractivity contribution in [3.05, 3.63) is 77.0 Å². The van der Waals surface area contributed by atoms with Crippen molar-refractivity contribution in [2.45, 2.75) is 6.42 Å². The number of nitrogens with zero attached hydrogens (tertiary/aromatic N) is 2. The molecule has 0 N–H and O–H groups in total. The van der Waals surface area contributed by atoms with Crippen molar-refractivity contribution in [2.24, 2.45) is 0 Å². The van der Waals surface area contributed by atoms with Gasteiger partial charge in [0.2, 0.25) is 0 Å². The van der Waals surface area contributed by atoms with Crippen LogP contribution in [-0.2, 0) is 25.5 Å². The molecule has 0 radical (unpaired) electrons. The number of carbonyl (C=O) groups excluding carboxylic acids is 2. The van der Waals surface area contributed by atoms with Gasteiger partial charge in [0.05, 0.1) is 26.5 Å². The Balaban J connectivity index is 1.94. The fourth-order valence-corrected chi connectivity index (χ4v) is 3.36. The number of carbonyl (C=O) groups is 2. The Kier molecular flexibility index (Phi) is 6.79. The molecular weight excluding hydrogens is 394 g/mol. The predicted octanol–water partition coefficient (Wildman–Crippen LogP) is 2.89. The lowest BCUT2D eigenvalue weighted by molar-refractivity contribution is -0.140. The second kappa shape index (κ2) is 9.49. The van der Waals surface area contributed by atoms with Gasteiger partial charge in [-0.1, -0.05) is 12.1 Å². The number of hydrogen-bond donors (Lipinski definition) is 0. The highest BCUT2D eigenvalue weighted by molar-refractivity contribution is 6.03. The number of rotatable bonds is 6. The number of esters is 2. The third-order valence-corrected chi connectivity index (χ3v) is 4.83. The van der Waals surface area contributed by atoms with Gasteiger partial charge in [-0.15, -0.1) is 0 Å². The zero-order valence-corrected chi connectivity index (χ0v) is 16.7. The van der Waals surface area contributed by atoms with Crippen LogP contribution in [0.15, 0.2) is 59.8 Å². The van der Waals surface area contributed by atoms with Gasteiger partial charge in [-0.2, -0.15) is 0 Å². The Morgan fingerprint density at radius 2 is 1.67 bits per heavy atom. The molecule has 1 heterocycles. The molecule has 0 amide bonds. The van der Waals surface area contributed by atoms with Crippen molar-refractivity contribution in [1.29, 1.82) is 0 Å². The molecule has 158 valence electrons. The molecule has 1 aliphatic rings. The number of halogens is 2. The first-order chi connectivity index (χ1) is 14.4. The van der Waals surface area contributed by atoms with Gasteiger partial charge in [-0.05, 0) is 48.4 Å². The van der Waals surface area contributed by atoms with Crippen LogP contribution in [0.25, 0.3) is 0 Å². The summed E-state index contributed by atoms with van der Waals surface area (Å²) < 4.78 is 36.6. The Hall–Kier alpha value is -3.26. The second-order valence-electron chi connectivity index (χ2n) is 6.79. The highest BCUT2D eigenvalue weighted by Crippen LogP contribution is 2.28. The predicted molar refractivity (Wildman–Crippen MR) is 106 cm³/mol. The Morgan fingerprint density at radius 1 is 0.967 bits per heavy atom. The summed E-state index contributed by atoms with van der Waals surface area (Å²) in [5.74, 6) is -2.08. The number of ether oxygens (including phenoxy) is 2. The molecule has 0 bridgehead atoms. The largest absolute Gasteiger partial charge is 0.466 e. The molecule has 6 nitrogen and oxygen atoms in total. The molecule has 0 atom stereocenters. The minimum absolute atomic E-state index is 0.0537. The average molecular weight is 416 g/mol. The third-order valence-electron chi connectivity index (χ3n) is 4.83. The molecule has 0 unspecified atom stereocenters. The van der Waals surface area contributed by atoms with Crippen LogP contribution >= 0.6 is 0 Å². The topological polar surface area (TPSA) is 59.1 Å². The summed E-state index contributed by atoms with van der Waals surface area (Å²) in [6.07, 6.45) is 0.539. The molecule has 3 rings (SSSR count). The van der Waals surface area contributed by atoms with E-state index in [4.69, 9.17) is 9.47 Å². The van der Waals surface area contributed by atoms with E-state index in [-0.39, 0.29) is 30.3 Å². The van der Waals surface area contributed by atoms with Crippen molar-refractivity contribution in [3.8, 4) is 0 Å². The van der Waals surface area contributed by atoms with Crippen LogP contribution in [0.1, 0.15) is 5.56 Å². The number of methoxy groups -OCH3 is 2. The summed E-state index contributed by atoms with van der Waals surface area (Å²) in [6.45, 7) is 0.909. The monoisotopic (exact) mass is 416 g/mol. The van der Waals surface area contributed by atoms with Gasteiger partial charge >= 0.3 is 11.9 Å². The lowest BCUT2D eigenvalue weighted by Crippen LogP contribution is -2.48. The van der Waals surface area contributed by atoms with Crippen LogP contribution < -0.4 is 4.90 Å². The van der Waals surface area contributed by atoms with E-state index in [0.29, 0.717) is 18.7 Å². The van der Waals surface area contributed by atoms with Crippen LogP contribution in [0.5, 0.6) is 0 Å². The lowest BCUT2D eigenvalue weighted by Gasteiger charge is -2.38. The van der Waals surface area contributed by atoms with Gasteiger partial charge in [0.1, 0.15) is 17.3 Å². The molecule has 8 heteroatoms. The summed E-state index contributed by atoms with van der Waals surface area (Å²) in [7, 11) is 2.46. The van der Waals surface area contributed by atoms with Crippen LogP contribution in [0.3, 0.4) is 0 Å². The van der Waals surface area contributed by atoms with Crippen LogP contribution in [0, 0.1) is 11.6 Å². The Morgan fingerprint density at radius 3 is 2.30 bits per heavy atom. The minimum atomic E-state index is -0.690. The van der Waals surface area contributed by atoms with Crippen LogP contribution in [0.2, 0.25) is 0 Å². The first-order valence-corrected chi connectivity index (χ1v) is 9.32. The first kappa shape index (κ1) is 21.4. The smallest absolute Gasteiger partial charge is 0.355 e. The number of anilines is 1. The van der Waals surface area contributed by atoms with Crippen LogP contribution in [-0.4, -0.2) is 50.8 Å². The minimum Gasteiger partial charge on any atom is -0.466 e.